The Kier molecular flexibility index (Phi) is 5.46. The van der Waals surface area contributed by atoms with E-state index in [1.54, 1.807) is 12.1 Å². The standard InChI is InChI=1S/C20H24N2O3/c1-15-18(8-5-9-19(15)22(24)25)14-21-12-10-17(11-13-21)20(23)16-6-3-2-4-7-16/h2-9,17,20,23H,10-14H2,1H3. The summed E-state index contributed by atoms with van der Waals surface area (Å²) in [5, 5.41) is 21.7. The molecule has 132 valence electrons. The second-order valence-corrected chi connectivity index (χ2v) is 6.79. The lowest BCUT2D eigenvalue weighted by Crippen LogP contribution is -2.35. The zero-order valence-electron chi connectivity index (χ0n) is 14.5. The number of hydrogen-bond acceptors (Lipinski definition) is 4. The van der Waals surface area contributed by atoms with Crippen LogP contribution in [0.25, 0.3) is 0 Å². The number of rotatable bonds is 5. The minimum atomic E-state index is -0.414. The summed E-state index contributed by atoms with van der Waals surface area (Å²) in [7, 11) is 0. The summed E-state index contributed by atoms with van der Waals surface area (Å²) in [5.74, 6) is 0.268. The maximum absolute atomic E-state index is 11.1. The molecule has 2 aromatic rings. The number of nitro benzene ring substituents is 1. The largest absolute Gasteiger partial charge is 0.388 e. The van der Waals surface area contributed by atoms with Gasteiger partial charge in [-0.25, -0.2) is 0 Å². The van der Waals surface area contributed by atoms with E-state index in [4.69, 9.17) is 0 Å². The quantitative estimate of drug-likeness (QED) is 0.663. The Hall–Kier alpha value is -2.24. The van der Waals surface area contributed by atoms with Crippen LogP contribution in [0.1, 0.15) is 35.6 Å². The number of aliphatic hydroxyl groups excluding tert-OH is 1. The van der Waals surface area contributed by atoms with Crippen molar-refractivity contribution in [2.45, 2.75) is 32.4 Å². The van der Waals surface area contributed by atoms with Crippen LogP contribution in [-0.2, 0) is 6.54 Å². The molecule has 3 rings (SSSR count). The Morgan fingerprint density at radius 2 is 1.84 bits per heavy atom. The van der Waals surface area contributed by atoms with Crippen LogP contribution in [0.5, 0.6) is 0 Å². The van der Waals surface area contributed by atoms with Gasteiger partial charge in [0.1, 0.15) is 0 Å². The van der Waals surface area contributed by atoms with Gasteiger partial charge in [0.15, 0.2) is 0 Å². The van der Waals surface area contributed by atoms with E-state index >= 15 is 0 Å². The monoisotopic (exact) mass is 340 g/mol. The second kappa shape index (κ2) is 7.76. The molecule has 5 nitrogen and oxygen atoms in total. The van der Waals surface area contributed by atoms with Crippen molar-refractivity contribution in [3.05, 3.63) is 75.3 Å². The third kappa shape index (κ3) is 4.06. The van der Waals surface area contributed by atoms with Gasteiger partial charge in [-0.15, -0.1) is 0 Å². The van der Waals surface area contributed by atoms with E-state index in [0.29, 0.717) is 0 Å². The molecule has 1 N–H and O–H groups in total. The third-order valence-electron chi connectivity index (χ3n) is 5.23. The summed E-state index contributed by atoms with van der Waals surface area (Å²) >= 11 is 0. The van der Waals surface area contributed by atoms with E-state index in [2.05, 4.69) is 4.90 Å². The minimum absolute atomic E-state index is 0.187. The molecule has 5 heteroatoms. The number of nitrogens with zero attached hydrogens (tertiary/aromatic N) is 2. The van der Waals surface area contributed by atoms with E-state index in [-0.39, 0.29) is 16.5 Å². The molecule has 0 spiro atoms. The highest BCUT2D eigenvalue weighted by Crippen LogP contribution is 2.31. The summed E-state index contributed by atoms with van der Waals surface area (Å²) in [4.78, 5) is 13.1. The van der Waals surface area contributed by atoms with Crippen molar-refractivity contribution in [2.75, 3.05) is 13.1 Å². The third-order valence-corrected chi connectivity index (χ3v) is 5.23. The summed E-state index contributed by atoms with van der Waals surface area (Å²) in [6.45, 7) is 4.34. The normalized spacial score (nSPS) is 17.4. The Labute approximate surface area is 148 Å². The van der Waals surface area contributed by atoms with Gasteiger partial charge in [-0.2, -0.15) is 0 Å². The van der Waals surface area contributed by atoms with Crippen LogP contribution in [0.2, 0.25) is 0 Å². The highest BCUT2D eigenvalue weighted by Gasteiger charge is 2.26. The molecule has 0 aromatic heterocycles. The summed E-state index contributed by atoms with van der Waals surface area (Å²) in [5.41, 5.74) is 2.93. The highest BCUT2D eigenvalue weighted by molar-refractivity contribution is 5.44. The maximum Gasteiger partial charge on any atom is 0.272 e. The molecule has 1 saturated heterocycles. The number of aliphatic hydroxyl groups is 1. The number of likely N-dealkylation sites (tertiary alicyclic amines) is 1. The average Bonchev–Trinajstić information content (AvgIpc) is 2.64. The van der Waals surface area contributed by atoms with Gasteiger partial charge in [-0.05, 0) is 49.9 Å². The van der Waals surface area contributed by atoms with Crippen molar-refractivity contribution in [2.24, 2.45) is 5.92 Å². The molecule has 0 bridgehead atoms. The fourth-order valence-electron chi connectivity index (χ4n) is 3.63. The topological polar surface area (TPSA) is 66.6 Å². The van der Waals surface area contributed by atoms with Crippen LogP contribution in [-0.4, -0.2) is 28.0 Å². The van der Waals surface area contributed by atoms with Gasteiger partial charge in [-0.1, -0.05) is 42.5 Å². The predicted molar refractivity (Wildman–Crippen MR) is 97.2 cm³/mol. The molecule has 0 amide bonds. The van der Waals surface area contributed by atoms with Gasteiger partial charge < -0.3 is 5.11 Å². The van der Waals surface area contributed by atoms with E-state index in [9.17, 15) is 15.2 Å². The van der Waals surface area contributed by atoms with E-state index in [0.717, 1.165) is 49.2 Å². The van der Waals surface area contributed by atoms with Crippen molar-refractivity contribution >= 4 is 5.69 Å². The van der Waals surface area contributed by atoms with Crippen molar-refractivity contribution in [3.63, 3.8) is 0 Å². The number of benzene rings is 2. The Morgan fingerprint density at radius 3 is 2.48 bits per heavy atom. The summed E-state index contributed by atoms with van der Waals surface area (Å²) in [6, 6.07) is 15.1. The molecule has 25 heavy (non-hydrogen) atoms. The number of piperidine rings is 1. The van der Waals surface area contributed by atoms with Gasteiger partial charge in [-0.3, -0.25) is 15.0 Å². The molecule has 0 radical (unpaired) electrons. The fraction of sp³-hybridized carbons (Fsp3) is 0.400. The smallest absolute Gasteiger partial charge is 0.272 e. The van der Waals surface area contributed by atoms with Crippen LogP contribution in [0, 0.1) is 23.0 Å². The molecule has 1 aliphatic heterocycles. The molecule has 0 saturated carbocycles. The minimum Gasteiger partial charge on any atom is -0.388 e. The van der Waals surface area contributed by atoms with Crippen LogP contribution in [0.4, 0.5) is 5.69 Å². The molecule has 1 atom stereocenters. The van der Waals surface area contributed by atoms with E-state index in [1.165, 1.54) is 0 Å². The van der Waals surface area contributed by atoms with Crippen molar-refractivity contribution < 1.29 is 10.0 Å². The number of nitro groups is 1. The van der Waals surface area contributed by atoms with Crippen LogP contribution in [0.15, 0.2) is 48.5 Å². The van der Waals surface area contributed by atoms with Crippen LogP contribution in [0.3, 0.4) is 0 Å². The number of hydrogen-bond donors (Lipinski definition) is 1. The predicted octanol–water partition coefficient (Wildman–Crippen LogP) is 3.85. The summed E-state index contributed by atoms with van der Waals surface area (Å²) in [6.07, 6.45) is 1.46. The van der Waals surface area contributed by atoms with Crippen molar-refractivity contribution in [1.82, 2.24) is 4.90 Å². The first kappa shape index (κ1) is 17.6. The lowest BCUT2D eigenvalue weighted by Gasteiger charge is -2.34. The molecule has 1 unspecified atom stereocenters. The lowest BCUT2D eigenvalue weighted by molar-refractivity contribution is -0.385. The van der Waals surface area contributed by atoms with E-state index in [1.807, 2.05) is 43.3 Å². The van der Waals surface area contributed by atoms with Gasteiger partial charge in [0.05, 0.1) is 11.0 Å². The van der Waals surface area contributed by atoms with Crippen molar-refractivity contribution in [1.29, 1.82) is 0 Å². The van der Waals surface area contributed by atoms with Crippen molar-refractivity contribution in [3.8, 4) is 0 Å². The zero-order chi connectivity index (χ0) is 17.8. The van der Waals surface area contributed by atoms with Gasteiger partial charge >= 0.3 is 0 Å². The Balaban J connectivity index is 1.60. The first-order valence-electron chi connectivity index (χ1n) is 8.74. The first-order chi connectivity index (χ1) is 12.1. The molecule has 1 fully saturated rings. The first-order valence-corrected chi connectivity index (χ1v) is 8.74. The highest BCUT2D eigenvalue weighted by atomic mass is 16.6. The second-order valence-electron chi connectivity index (χ2n) is 6.79. The fourth-order valence-corrected chi connectivity index (χ4v) is 3.63. The molecule has 1 aliphatic rings. The van der Waals surface area contributed by atoms with Crippen LogP contribution >= 0.6 is 0 Å². The average molecular weight is 340 g/mol. The molecule has 2 aromatic carbocycles. The maximum atomic E-state index is 11.1. The molecule has 0 aliphatic carbocycles. The van der Waals surface area contributed by atoms with Crippen LogP contribution < -0.4 is 0 Å². The van der Waals surface area contributed by atoms with Gasteiger partial charge in [0, 0.05) is 18.2 Å². The Morgan fingerprint density at radius 1 is 1.16 bits per heavy atom. The molecular formula is C20H24N2O3. The van der Waals surface area contributed by atoms with Gasteiger partial charge in [0.2, 0.25) is 0 Å². The van der Waals surface area contributed by atoms with Gasteiger partial charge in [0.25, 0.3) is 5.69 Å². The van der Waals surface area contributed by atoms with E-state index < -0.39 is 6.10 Å². The zero-order valence-corrected chi connectivity index (χ0v) is 14.5. The lowest BCUT2D eigenvalue weighted by atomic mass is 9.87. The molecule has 1 heterocycles. The molecular weight excluding hydrogens is 316 g/mol. The SMILES string of the molecule is Cc1c(CN2CCC(C(O)c3ccccc3)CC2)cccc1[N+](=O)[O-]. The summed E-state index contributed by atoms with van der Waals surface area (Å²) < 4.78 is 0. The Bertz CT molecular complexity index is 725.